The molecule has 1 N–H and O–H groups in total. The molecule has 2 aliphatic rings. The third-order valence-corrected chi connectivity index (χ3v) is 5.24. The Morgan fingerprint density at radius 2 is 2.19 bits per heavy atom. The van der Waals surface area contributed by atoms with Gasteiger partial charge in [-0.15, -0.1) is 0 Å². The molecular weight excluding hydrogens is 352 g/mol. The average Bonchev–Trinajstić information content (AvgIpc) is 3.31. The van der Waals surface area contributed by atoms with Gasteiger partial charge in [-0.05, 0) is 29.8 Å². The fraction of sp³-hybridized carbons (Fsp3) is 0.211. The van der Waals surface area contributed by atoms with Crippen molar-refractivity contribution in [1.82, 2.24) is 14.8 Å². The van der Waals surface area contributed by atoms with Gasteiger partial charge < -0.3 is 9.73 Å². The molecule has 1 aliphatic carbocycles. The number of carbonyl (C=O) groups excluding carboxylic acids is 1. The third-order valence-electron chi connectivity index (χ3n) is 5.00. The lowest BCUT2D eigenvalue weighted by atomic mass is 9.77. The van der Waals surface area contributed by atoms with Gasteiger partial charge in [-0.3, -0.25) is 4.79 Å². The van der Waals surface area contributed by atoms with Crippen LogP contribution in [0.4, 0.5) is 5.95 Å². The molecule has 3 atom stereocenters. The van der Waals surface area contributed by atoms with Crippen LogP contribution in [0, 0.1) is 5.92 Å². The van der Waals surface area contributed by atoms with Crippen LogP contribution in [0.3, 0.4) is 0 Å². The first-order chi connectivity index (χ1) is 12.7. The van der Waals surface area contributed by atoms with Crippen molar-refractivity contribution in [1.29, 1.82) is 0 Å². The van der Waals surface area contributed by atoms with Gasteiger partial charge in [0.15, 0.2) is 0 Å². The van der Waals surface area contributed by atoms with E-state index in [1.165, 1.54) is 6.33 Å². The monoisotopic (exact) mass is 366 g/mol. The van der Waals surface area contributed by atoms with Crippen LogP contribution in [0.25, 0.3) is 0 Å². The Morgan fingerprint density at radius 1 is 1.27 bits per heavy atom. The Morgan fingerprint density at radius 3 is 3.00 bits per heavy atom. The zero-order chi connectivity index (χ0) is 17.7. The molecule has 3 aromatic rings. The second-order valence-electron chi connectivity index (χ2n) is 6.55. The molecule has 0 unspecified atom stereocenters. The number of halogens is 1. The molecule has 0 spiro atoms. The lowest BCUT2D eigenvalue weighted by Crippen LogP contribution is -2.39. The zero-order valence-corrected chi connectivity index (χ0v) is 14.4. The summed E-state index contributed by atoms with van der Waals surface area (Å²) in [5.74, 6) is 1.05. The molecule has 7 heteroatoms. The van der Waals surface area contributed by atoms with Crippen molar-refractivity contribution in [3.05, 3.63) is 77.1 Å². The van der Waals surface area contributed by atoms with E-state index in [1.807, 2.05) is 36.4 Å². The van der Waals surface area contributed by atoms with E-state index in [9.17, 15) is 4.79 Å². The van der Waals surface area contributed by atoms with E-state index in [-0.39, 0.29) is 23.7 Å². The Hall–Kier alpha value is -2.86. The summed E-state index contributed by atoms with van der Waals surface area (Å²) >= 11 is 6.13. The van der Waals surface area contributed by atoms with E-state index in [4.69, 9.17) is 16.0 Å². The summed E-state index contributed by atoms with van der Waals surface area (Å²) < 4.78 is 7.33. The fourth-order valence-corrected chi connectivity index (χ4v) is 4.07. The minimum absolute atomic E-state index is 0.0216. The van der Waals surface area contributed by atoms with Crippen LogP contribution < -0.4 is 5.32 Å². The van der Waals surface area contributed by atoms with Crippen LogP contribution in [-0.2, 0) is 4.79 Å². The van der Waals surface area contributed by atoms with Gasteiger partial charge in [0.05, 0.1) is 12.2 Å². The van der Waals surface area contributed by atoms with Crippen molar-refractivity contribution in [3.8, 4) is 0 Å². The standard InChI is InChI=1S/C19H15ClN4O2/c20-13-4-1-3-11(7-13)12-8-14-17(15(25)9-12)18(16-5-2-6-26-16)24-19(23-14)21-10-22-24/h1-8,10,12,17-18H,9H2,(H,21,22,23)/t12-,17+,18+/m0/s1. The fourth-order valence-electron chi connectivity index (χ4n) is 3.87. The first-order valence-electron chi connectivity index (χ1n) is 8.40. The van der Waals surface area contributed by atoms with E-state index in [0.29, 0.717) is 23.2 Å². The van der Waals surface area contributed by atoms with Crippen molar-refractivity contribution in [2.24, 2.45) is 5.92 Å². The number of carbonyl (C=O) groups is 1. The van der Waals surface area contributed by atoms with Gasteiger partial charge in [0.25, 0.3) is 0 Å². The highest BCUT2D eigenvalue weighted by molar-refractivity contribution is 6.30. The number of aromatic nitrogens is 3. The van der Waals surface area contributed by atoms with E-state index in [0.717, 1.165) is 11.3 Å². The van der Waals surface area contributed by atoms with Crippen LogP contribution in [0.2, 0.25) is 5.02 Å². The number of rotatable bonds is 2. The molecule has 1 aliphatic heterocycles. The normalized spacial score (nSPS) is 24.4. The topological polar surface area (TPSA) is 73.0 Å². The van der Waals surface area contributed by atoms with Gasteiger partial charge >= 0.3 is 0 Å². The number of benzene rings is 1. The van der Waals surface area contributed by atoms with Gasteiger partial charge in [0.2, 0.25) is 5.95 Å². The molecule has 0 saturated heterocycles. The number of furan rings is 1. The Bertz CT molecular complexity index is 1010. The largest absolute Gasteiger partial charge is 0.467 e. The highest BCUT2D eigenvalue weighted by Crippen LogP contribution is 2.44. The second kappa shape index (κ2) is 5.85. The highest BCUT2D eigenvalue weighted by atomic mass is 35.5. The summed E-state index contributed by atoms with van der Waals surface area (Å²) in [6, 6.07) is 11.0. The van der Waals surface area contributed by atoms with Crippen molar-refractivity contribution in [3.63, 3.8) is 0 Å². The summed E-state index contributed by atoms with van der Waals surface area (Å²) in [5, 5.41) is 8.23. The number of anilines is 1. The molecule has 5 rings (SSSR count). The molecule has 0 fully saturated rings. The first kappa shape index (κ1) is 15.4. The smallest absolute Gasteiger partial charge is 0.226 e. The zero-order valence-electron chi connectivity index (χ0n) is 13.7. The predicted octanol–water partition coefficient (Wildman–Crippen LogP) is 3.80. The summed E-state index contributed by atoms with van der Waals surface area (Å²) in [6.45, 7) is 0. The van der Waals surface area contributed by atoms with Crippen LogP contribution in [0.5, 0.6) is 0 Å². The Balaban J connectivity index is 1.61. The van der Waals surface area contributed by atoms with Gasteiger partial charge in [-0.2, -0.15) is 10.1 Å². The molecule has 2 aromatic heterocycles. The lowest BCUT2D eigenvalue weighted by molar-refractivity contribution is -0.123. The minimum Gasteiger partial charge on any atom is -0.467 e. The molecule has 0 saturated carbocycles. The number of fused-ring (bicyclic) bond motifs is 2. The van der Waals surface area contributed by atoms with Crippen molar-refractivity contribution < 1.29 is 9.21 Å². The number of hydrogen-bond donors (Lipinski definition) is 1. The summed E-state index contributed by atoms with van der Waals surface area (Å²) in [6.07, 6.45) is 5.61. The van der Waals surface area contributed by atoms with E-state index < -0.39 is 0 Å². The van der Waals surface area contributed by atoms with Gasteiger partial charge in [0, 0.05) is 23.1 Å². The first-order valence-corrected chi connectivity index (χ1v) is 8.78. The van der Waals surface area contributed by atoms with Crippen LogP contribution >= 0.6 is 11.6 Å². The van der Waals surface area contributed by atoms with Crippen molar-refractivity contribution >= 4 is 23.3 Å². The molecule has 0 amide bonds. The van der Waals surface area contributed by atoms with Crippen LogP contribution in [0.15, 0.2) is 65.2 Å². The van der Waals surface area contributed by atoms with Crippen molar-refractivity contribution in [2.45, 2.75) is 18.4 Å². The second-order valence-corrected chi connectivity index (χ2v) is 6.98. The average molecular weight is 367 g/mol. The molecular formula is C19H15ClN4O2. The highest BCUT2D eigenvalue weighted by Gasteiger charge is 2.44. The maximum atomic E-state index is 13.1. The molecule has 1 aromatic carbocycles. The van der Waals surface area contributed by atoms with Gasteiger partial charge in [0.1, 0.15) is 23.9 Å². The summed E-state index contributed by atoms with van der Waals surface area (Å²) in [7, 11) is 0. The number of nitrogens with one attached hydrogen (secondary N) is 1. The molecule has 6 nitrogen and oxygen atoms in total. The maximum Gasteiger partial charge on any atom is 0.226 e. The molecule has 130 valence electrons. The van der Waals surface area contributed by atoms with E-state index in [1.54, 1.807) is 10.9 Å². The van der Waals surface area contributed by atoms with E-state index in [2.05, 4.69) is 21.5 Å². The quantitative estimate of drug-likeness (QED) is 0.746. The summed E-state index contributed by atoms with van der Waals surface area (Å²) in [4.78, 5) is 17.4. The lowest BCUT2D eigenvalue weighted by Gasteiger charge is -2.36. The minimum atomic E-state index is -0.370. The predicted molar refractivity (Wildman–Crippen MR) is 95.9 cm³/mol. The number of nitrogens with zero attached hydrogens (tertiary/aromatic N) is 3. The SMILES string of the molecule is O=C1C[C@@H](c2cccc(Cl)c2)C=C2Nc3ncnn3[C@H](c3ccco3)[C@@H]12. The van der Waals surface area contributed by atoms with Crippen molar-refractivity contribution in [2.75, 3.05) is 5.32 Å². The van der Waals surface area contributed by atoms with Gasteiger partial charge in [-0.1, -0.05) is 29.8 Å². The Labute approximate surface area is 154 Å². The molecule has 0 bridgehead atoms. The summed E-state index contributed by atoms with van der Waals surface area (Å²) in [5.41, 5.74) is 1.87. The van der Waals surface area contributed by atoms with Crippen LogP contribution in [0.1, 0.15) is 29.7 Å². The number of allylic oxidation sites excluding steroid dienone is 2. The third kappa shape index (κ3) is 2.37. The van der Waals surface area contributed by atoms with E-state index >= 15 is 0 Å². The number of ketones is 1. The number of hydrogen-bond acceptors (Lipinski definition) is 5. The molecule has 3 heterocycles. The van der Waals surface area contributed by atoms with Crippen LogP contribution in [-0.4, -0.2) is 20.5 Å². The maximum absolute atomic E-state index is 13.1. The van der Waals surface area contributed by atoms with Gasteiger partial charge in [-0.25, -0.2) is 4.68 Å². The Kier molecular flexibility index (Phi) is 3.46. The number of Topliss-reactive ketones (excluding diaryl/α,β-unsaturated/α-hetero) is 1. The molecule has 0 radical (unpaired) electrons. The molecule has 26 heavy (non-hydrogen) atoms.